The minimum absolute atomic E-state index is 0.422. The Bertz CT molecular complexity index is 610. The summed E-state index contributed by atoms with van der Waals surface area (Å²) >= 11 is 7.52. The first-order chi connectivity index (χ1) is 9.34. The number of rotatable bonds is 3. The van der Waals surface area contributed by atoms with Gasteiger partial charge in [-0.25, -0.2) is 5.43 Å². The summed E-state index contributed by atoms with van der Waals surface area (Å²) in [5, 5.41) is 2.37. The number of hydrogen-bond donors (Lipinski definition) is 2. The van der Waals surface area contributed by atoms with Crippen LogP contribution in [0.2, 0.25) is 5.02 Å². The van der Waals surface area contributed by atoms with E-state index < -0.39 is 17.8 Å². The van der Waals surface area contributed by atoms with Gasteiger partial charge in [-0.2, -0.15) is 13.2 Å². The standard InChI is InChI=1S/C13H12ClF3N2S/c1-7-6-20-12(10(7)14)11(19-18)8-3-2-4-9(5-8)13(15,16)17/h2-6,11,19H,18H2,1H3. The number of halogens is 4. The summed E-state index contributed by atoms with van der Waals surface area (Å²) < 4.78 is 38.2. The molecule has 0 radical (unpaired) electrons. The van der Waals surface area contributed by atoms with Gasteiger partial charge in [0.15, 0.2) is 0 Å². The highest BCUT2D eigenvalue weighted by Gasteiger charge is 2.31. The second-order valence-electron chi connectivity index (χ2n) is 4.32. The van der Waals surface area contributed by atoms with Crippen molar-refractivity contribution in [2.75, 3.05) is 0 Å². The van der Waals surface area contributed by atoms with Crippen LogP contribution in [0.15, 0.2) is 29.6 Å². The zero-order valence-corrected chi connectivity index (χ0v) is 12.0. The molecule has 7 heteroatoms. The van der Waals surface area contributed by atoms with Crippen LogP contribution in [0.4, 0.5) is 13.2 Å². The van der Waals surface area contributed by atoms with Gasteiger partial charge in [0.2, 0.25) is 0 Å². The van der Waals surface area contributed by atoms with Crippen molar-refractivity contribution in [2.24, 2.45) is 5.84 Å². The van der Waals surface area contributed by atoms with Crippen molar-refractivity contribution < 1.29 is 13.2 Å². The van der Waals surface area contributed by atoms with Crippen LogP contribution in [0.1, 0.15) is 27.6 Å². The normalized spacial score (nSPS) is 13.5. The summed E-state index contributed by atoms with van der Waals surface area (Å²) in [6, 6.07) is 4.49. The van der Waals surface area contributed by atoms with Gasteiger partial charge < -0.3 is 0 Å². The highest BCUT2D eigenvalue weighted by atomic mass is 35.5. The first-order valence-corrected chi connectivity index (χ1v) is 6.97. The molecule has 2 aromatic rings. The Kier molecular flexibility index (Phi) is 4.39. The van der Waals surface area contributed by atoms with Crippen LogP contribution in [-0.2, 0) is 6.18 Å². The molecular weight excluding hydrogens is 309 g/mol. The van der Waals surface area contributed by atoms with Crippen LogP contribution < -0.4 is 11.3 Å². The van der Waals surface area contributed by atoms with Gasteiger partial charge in [-0.05, 0) is 35.6 Å². The molecule has 0 spiro atoms. The summed E-state index contributed by atoms with van der Waals surface area (Å²) in [5.41, 5.74) is 3.11. The molecule has 0 saturated heterocycles. The third-order valence-electron chi connectivity index (χ3n) is 2.90. The number of benzene rings is 1. The average Bonchev–Trinajstić information content (AvgIpc) is 2.72. The van der Waals surface area contributed by atoms with E-state index in [2.05, 4.69) is 5.43 Å². The van der Waals surface area contributed by atoms with E-state index in [1.165, 1.54) is 17.4 Å². The number of nitrogens with one attached hydrogen (secondary N) is 1. The highest BCUT2D eigenvalue weighted by Crippen LogP contribution is 2.37. The predicted molar refractivity (Wildman–Crippen MR) is 74.7 cm³/mol. The number of hydrogen-bond acceptors (Lipinski definition) is 3. The maximum Gasteiger partial charge on any atom is 0.416 e. The monoisotopic (exact) mass is 320 g/mol. The van der Waals surface area contributed by atoms with E-state index in [1.54, 1.807) is 6.07 Å². The van der Waals surface area contributed by atoms with E-state index in [4.69, 9.17) is 17.4 Å². The third kappa shape index (κ3) is 2.98. The number of aryl methyl sites for hydroxylation is 1. The van der Waals surface area contributed by atoms with Crippen LogP contribution in [-0.4, -0.2) is 0 Å². The van der Waals surface area contributed by atoms with Gasteiger partial charge in [0.05, 0.1) is 16.6 Å². The Labute approximate surface area is 123 Å². The molecule has 3 N–H and O–H groups in total. The van der Waals surface area contributed by atoms with E-state index in [0.717, 1.165) is 17.7 Å². The quantitative estimate of drug-likeness (QED) is 0.654. The minimum Gasteiger partial charge on any atom is -0.271 e. The first-order valence-electron chi connectivity index (χ1n) is 5.71. The fourth-order valence-corrected chi connectivity index (χ4v) is 3.25. The van der Waals surface area contributed by atoms with E-state index in [9.17, 15) is 13.2 Å². The lowest BCUT2D eigenvalue weighted by molar-refractivity contribution is -0.137. The molecule has 0 amide bonds. The maximum absolute atomic E-state index is 12.7. The van der Waals surface area contributed by atoms with Gasteiger partial charge in [-0.1, -0.05) is 23.7 Å². The SMILES string of the molecule is Cc1csc(C(NN)c2cccc(C(F)(F)F)c2)c1Cl. The Morgan fingerprint density at radius 3 is 2.55 bits per heavy atom. The molecule has 0 saturated carbocycles. The van der Waals surface area contributed by atoms with E-state index >= 15 is 0 Å². The lowest BCUT2D eigenvalue weighted by Gasteiger charge is -2.17. The van der Waals surface area contributed by atoms with Crippen LogP contribution in [0.25, 0.3) is 0 Å². The fraction of sp³-hybridized carbons (Fsp3) is 0.231. The maximum atomic E-state index is 12.7. The molecule has 0 aliphatic carbocycles. The Balaban J connectivity index is 2.45. The van der Waals surface area contributed by atoms with E-state index in [-0.39, 0.29) is 0 Å². The summed E-state index contributed by atoms with van der Waals surface area (Å²) in [7, 11) is 0. The molecule has 0 bridgehead atoms. The fourth-order valence-electron chi connectivity index (χ4n) is 1.86. The third-order valence-corrected chi connectivity index (χ3v) is 4.68. The van der Waals surface area contributed by atoms with Crippen molar-refractivity contribution in [1.29, 1.82) is 0 Å². The smallest absolute Gasteiger partial charge is 0.271 e. The van der Waals surface area contributed by atoms with Gasteiger partial charge in [0.1, 0.15) is 0 Å². The predicted octanol–water partition coefficient (Wildman–Crippen LogP) is 4.28. The molecular formula is C13H12ClF3N2S. The highest BCUT2D eigenvalue weighted by molar-refractivity contribution is 7.10. The zero-order chi connectivity index (χ0) is 14.9. The summed E-state index contributed by atoms with van der Waals surface area (Å²) in [6.45, 7) is 1.84. The van der Waals surface area contributed by atoms with Crippen LogP contribution in [0.5, 0.6) is 0 Å². The molecule has 1 heterocycles. The van der Waals surface area contributed by atoms with Gasteiger partial charge in [-0.3, -0.25) is 5.84 Å². The lowest BCUT2D eigenvalue weighted by Crippen LogP contribution is -2.28. The molecule has 0 fully saturated rings. The molecule has 1 aromatic heterocycles. The number of alkyl halides is 3. The Hall–Kier alpha value is -1.08. The zero-order valence-electron chi connectivity index (χ0n) is 10.5. The molecule has 20 heavy (non-hydrogen) atoms. The van der Waals surface area contributed by atoms with Gasteiger partial charge >= 0.3 is 6.18 Å². The number of nitrogens with two attached hydrogens (primary N) is 1. The minimum atomic E-state index is -4.38. The molecule has 2 nitrogen and oxygen atoms in total. The van der Waals surface area contributed by atoms with Crippen LogP contribution in [0.3, 0.4) is 0 Å². The topological polar surface area (TPSA) is 38.0 Å². The van der Waals surface area contributed by atoms with E-state index in [1.807, 2.05) is 12.3 Å². The van der Waals surface area contributed by atoms with Crippen molar-refractivity contribution in [3.8, 4) is 0 Å². The number of hydrazine groups is 1. The lowest BCUT2D eigenvalue weighted by atomic mass is 10.0. The molecule has 1 unspecified atom stereocenters. The molecule has 0 aliphatic rings. The molecule has 2 rings (SSSR count). The average molecular weight is 321 g/mol. The molecule has 1 atom stereocenters. The van der Waals surface area contributed by atoms with Crippen LogP contribution in [0, 0.1) is 6.92 Å². The summed E-state index contributed by atoms with van der Waals surface area (Å²) in [6.07, 6.45) is -4.38. The number of thiophene rings is 1. The van der Waals surface area contributed by atoms with Gasteiger partial charge in [0, 0.05) is 4.88 Å². The largest absolute Gasteiger partial charge is 0.416 e. The van der Waals surface area contributed by atoms with Gasteiger partial charge in [0.25, 0.3) is 0 Å². The van der Waals surface area contributed by atoms with Crippen molar-refractivity contribution in [3.05, 3.63) is 56.2 Å². The van der Waals surface area contributed by atoms with Crippen molar-refractivity contribution in [3.63, 3.8) is 0 Å². The summed E-state index contributed by atoms with van der Waals surface area (Å²) in [5.74, 6) is 5.49. The second-order valence-corrected chi connectivity index (χ2v) is 5.61. The Morgan fingerprint density at radius 2 is 2.05 bits per heavy atom. The van der Waals surface area contributed by atoms with E-state index in [0.29, 0.717) is 15.5 Å². The van der Waals surface area contributed by atoms with Crippen molar-refractivity contribution in [1.82, 2.24) is 5.43 Å². The molecule has 0 aliphatic heterocycles. The van der Waals surface area contributed by atoms with Crippen LogP contribution >= 0.6 is 22.9 Å². The Morgan fingerprint density at radius 1 is 1.35 bits per heavy atom. The van der Waals surface area contributed by atoms with Crippen molar-refractivity contribution >= 4 is 22.9 Å². The van der Waals surface area contributed by atoms with Crippen molar-refractivity contribution in [2.45, 2.75) is 19.1 Å². The molecule has 1 aromatic carbocycles. The first kappa shape index (κ1) is 15.3. The second kappa shape index (κ2) is 5.73. The molecule has 108 valence electrons. The summed E-state index contributed by atoms with van der Waals surface area (Å²) in [4.78, 5) is 0.700. The van der Waals surface area contributed by atoms with Gasteiger partial charge in [-0.15, -0.1) is 11.3 Å².